The topological polar surface area (TPSA) is 36.9 Å². The maximum Gasteiger partial charge on any atom is 0.422 e. The molecule has 0 spiro atoms. The predicted octanol–water partition coefficient (Wildman–Crippen LogP) is 7.37. The molecule has 0 N–H and O–H groups in total. The number of alkyl halides is 4. The van der Waals surface area contributed by atoms with E-state index in [4.69, 9.17) is 14.2 Å². The average molecular weight is 528 g/mol. The van der Waals surface area contributed by atoms with Gasteiger partial charge in [-0.2, -0.15) is 13.2 Å². The van der Waals surface area contributed by atoms with Gasteiger partial charge >= 0.3 is 6.18 Å². The highest BCUT2D eigenvalue weighted by Gasteiger charge is 2.38. The van der Waals surface area contributed by atoms with Gasteiger partial charge in [-0.3, -0.25) is 4.94 Å². The van der Waals surface area contributed by atoms with Crippen LogP contribution in [0.2, 0.25) is 0 Å². The normalized spacial score (nSPS) is 10.9. The Hall–Kier alpha value is -3.77. The lowest BCUT2D eigenvalue weighted by Gasteiger charge is -2.16. The molecule has 0 aliphatic rings. The Morgan fingerprint density at radius 1 is 0.667 bits per heavy atom. The molecule has 0 fully saturated rings. The Morgan fingerprint density at radius 2 is 1.14 bits per heavy atom. The fraction of sp³-hybridized carbons (Fsp3) is 0.217. The van der Waals surface area contributed by atoms with Crippen molar-refractivity contribution in [3.05, 3.63) is 70.8 Å². The van der Waals surface area contributed by atoms with Crippen molar-refractivity contribution in [2.75, 3.05) is 21.3 Å². The molecule has 0 bridgehead atoms. The molecule has 0 aromatic heterocycles. The maximum absolute atomic E-state index is 13.8. The minimum Gasteiger partial charge on any atom is -0.496 e. The van der Waals surface area contributed by atoms with Gasteiger partial charge in [0.1, 0.15) is 52.8 Å². The highest BCUT2D eigenvalue weighted by molar-refractivity contribution is 5.78. The van der Waals surface area contributed by atoms with Crippen LogP contribution >= 0.6 is 0 Å². The minimum atomic E-state index is -5.16. The number of hydrogen-bond donors (Lipinski definition) is 0. The van der Waals surface area contributed by atoms with Crippen molar-refractivity contribution in [3.8, 4) is 34.1 Å². The van der Waals surface area contributed by atoms with E-state index in [0.717, 1.165) is 12.1 Å². The average Bonchev–Trinajstić information content (AvgIpc) is 2.81. The standard InChI is InChI=1S/C16H15F3O3.C7H2F6O/c1-20-10-6-14(21-2)16(15(7-10)22-3)9-4-12(18)11(8-17)13(19)5-9;8-4-1-3(14-13)2-5(9)6(4)7(10,11)12/h4-7H,8H2,1-3H3;1-2H. The summed E-state index contributed by atoms with van der Waals surface area (Å²) in [5.41, 5.74) is -2.13. The Morgan fingerprint density at radius 3 is 1.47 bits per heavy atom. The zero-order chi connectivity index (χ0) is 27.2. The van der Waals surface area contributed by atoms with Crippen LogP contribution in [0.4, 0.5) is 39.6 Å². The summed E-state index contributed by atoms with van der Waals surface area (Å²) in [5, 5.41) is 0. The van der Waals surface area contributed by atoms with E-state index in [2.05, 4.69) is 4.94 Å². The third kappa shape index (κ3) is 6.26. The van der Waals surface area contributed by atoms with Gasteiger partial charge in [-0.1, -0.05) is 0 Å². The number of rotatable bonds is 6. The van der Waals surface area contributed by atoms with Crippen LogP contribution in [0.5, 0.6) is 23.0 Å². The van der Waals surface area contributed by atoms with Gasteiger partial charge in [0.05, 0.1) is 32.5 Å². The molecular weight excluding hydrogens is 511 g/mol. The summed E-state index contributed by atoms with van der Waals surface area (Å²) in [7, 11) is 4.31. The molecule has 13 heteroatoms. The molecule has 4 nitrogen and oxygen atoms in total. The Balaban J connectivity index is 0.000000281. The molecular formula is C23H17F9O4. The number of hydrogen-bond acceptors (Lipinski definition) is 4. The van der Waals surface area contributed by atoms with E-state index in [1.807, 2.05) is 0 Å². The zero-order valence-electron chi connectivity index (χ0n) is 18.7. The predicted molar refractivity (Wildman–Crippen MR) is 109 cm³/mol. The van der Waals surface area contributed by atoms with Crippen molar-refractivity contribution in [1.29, 1.82) is 0 Å². The Bertz CT molecular complexity index is 1140. The van der Waals surface area contributed by atoms with Gasteiger partial charge in [0, 0.05) is 28.8 Å². The first-order chi connectivity index (χ1) is 16.9. The summed E-state index contributed by atoms with van der Waals surface area (Å²) in [6.07, 6.45) is -5.16. The van der Waals surface area contributed by atoms with Crippen molar-refractivity contribution >= 4 is 0 Å². The molecule has 0 amide bonds. The highest BCUT2D eigenvalue weighted by Crippen LogP contribution is 2.42. The minimum absolute atomic E-state index is 0.103. The smallest absolute Gasteiger partial charge is 0.422 e. The SMILES string of the molecule is COc1cc(OC)c(-c2cc(F)c(CF)c(F)c2)c(OC)c1.FOc1cc(F)c(C(F)(F)F)c(F)c1. The third-order valence-electron chi connectivity index (χ3n) is 4.67. The monoisotopic (exact) mass is 528 g/mol. The summed E-state index contributed by atoms with van der Waals surface area (Å²) in [4.78, 5) is 2.90. The molecule has 36 heavy (non-hydrogen) atoms. The van der Waals surface area contributed by atoms with E-state index in [-0.39, 0.29) is 17.7 Å². The second-order valence-corrected chi connectivity index (χ2v) is 6.80. The van der Waals surface area contributed by atoms with Gasteiger partial charge in [0.25, 0.3) is 0 Å². The number of halogens is 9. The van der Waals surface area contributed by atoms with Gasteiger partial charge in [0.15, 0.2) is 5.75 Å². The summed E-state index contributed by atoms with van der Waals surface area (Å²) >= 11 is 0. The van der Waals surface area contributed by atoms with Crippen LogP contribution in [0, 0.1) is 23.3 Å². The lowest BCUT2D eigenvalue weighted by Crippen LogP contribution is -2.11. The highest BCUT2D eigenvalue weighted by atomic mass is 19.4. The van der Waals surface area contributed by atoms with Crippen LogP contribution < -0.4 is 19.2 Å². The Kier molecular flexibility index (Phi) is 9.31. The van der Waals surface area contributed by atoms with E-state index in [9.17, 15) is 39.6 Å². The first kappa shape index (κ1) is 28.5. The lowest BCUT2D eigenvalue weighted by molar-refractivity contribution is -0.142. The Labute approximate surface area is 198 Å². The fourth-order valence-corrected chi connectivity index (χ4v) is 3.03. The summed E-state index contributed by atoms with van der Waals surface area (Å²) in [6.45, 7) is -1.21. The van der Waals surface area contributed by atoms with Crippen LogP contribution in [0.1, 0.15) is 11.1 Å². The summed E-state index contributed by atoms with van der Waals surface area (Å²) in [5.74, 6) is -5.62. The van der Waals surface area contributed by atoms with Gasteiger partial charge in [-0.15, -0.1) is 0 Å². The molecule has 0 atom stereocenters. The quantitative estimate of drug-likeness (QED) is 0.313. The number of methoxy groups -OCH3 is 3. The molecule has 0 saturated carbocycles. The van der Waals surface area contributed by atoms with Crippen molar-refractivity contribution in [3.63, 3.8) is 0 Å². The van der Waals surface area contributed by atoms with Crippen molar-refractivity contribution < 1.29 is 58.8 Å². The van der Waals surface area contributed by atoms with Crippen LogP contribution in [0.15, 0.2) is 36.4 Å². The molecule has 3 aromatic rings. The number of benzene rings is 3. The molecule has 0 saturated heterocycles. The zero-order valence-corrected chi connectivity index (χ0v) is 18.7. The van der Waals surface area contributed by atoms with E-state index in [1.165, 1.54) is 21.3 Å². The van der Waals surface area contributed by atoms with E-state index < -0.39 is 53.0 Å². The van der Waals surface area contributed by atoms with Crippen LogP contribution in [-0.2, 0) is 12.9 Å². The first-order valence-corrected chi connectivity index (χ1v) is 9.60. The van der Waals surface area contributed by atoms with Crippen molar-refractivity contribution in [2.45, 2.75) is 12.9 Å². The van der Waals surface area contributed by atoms with Gasteiger partial charge in [-0.05, 0) is 17.7 Å². The van der Waals surface area contributed by atoms with Crippen LogP contribution in [-0.4, -0.2) is 21.3 Å². The van der Waals surface area contributed by atoms with Gasteiger partial charge in [0.2, 0.25) is 0 Å². The molecule has 3 rings (SSSR count). The molecule has 0 radical (unpaired) electrons. The second kappa shape index (κ2) is 11.8. The van der Waals surface area contributed by atoms with Crippen LogP contribution in [0.3, 0.4) is 0 Å². The molecule has 3 aromatic carbocycles. The van der Waals surface area contributed by atoms with Crippen molar-refractivity contribution in [1.82, 2.24) is 0 Å². The van der Waals surface area contributed by atoms with Gasteiger partial charge < -0.3 is 14.2 Å². The first-order valence-electron chi connectivity index (χ1n) is 9.60. The second-order valence-electron chi connectivity index (χ2n) is 6.80. The maximum atomic E-state index is 13.8. The molecule has 196 valence electrons. The van der Waals surface area contributed by atoms with Crippen molar-refractivity contribution in [2.24, 2.45) is 0 Å². The molecule has 0 aliphatic heterocycles. The van der Waals surface area contributed by atoms with E-state index in [0.29, 0.717) is 22.8 Å². The van der Waals surface area contributed by atoms with E-state index >= 15 is 0 Å². The summed E-state index contributed by atoms with van der Waals surface area (Å²) < 4.78 is 128. The third-order valence-corrected chi connectivity index (χ3v) is 4.67. The number of ether oxygens (including phenoxy) is 3. The van der Waals surface area contributed by atoms with Gasteiger partial charge in [-0.25, -0.2) is 22.0 Å². The molecule has 0 aliphatic carbocycles. The van der Waals surface area contributed by atoms with Crippen LogP contribution in [0.25, 0.3) is 11.1 Å². The summed E-state index contributed by atoms with van der Waals surface area (Å²) in [6, 6.07) is 5.43. The largest absolute Gasteiger partial charge is 0.496 e. The fourth-order valence-electron chi connectivity index (χ4n) is 3.03. The molecule has 0 unspecified atom stereocenters. The van der Waals surface area contributed by atoms with E-state index in [1.54, 1.807) is 12.1 Å². The lowest BCUT2D eigenvalue weighted by atomic mass is 10.0. The molecule has 0 heterocycles.